The standard InChI is InChI=1S/C21H20N2O/c1-3-23(4-2)21(24)17-13-14-9-5-6-10-15(14)20-19(17)16-11-7-8-12-18(16)22-20/h5-13,22H,3-4H2,1-2H3. The molecule has 0 aliphatic heterocycles. The highest BCUT2D eigenvalue weighted by atomic mass is 16.2. The smallest absolute Gasteiger partial charge is 0.254 e. The van der Waals surface area contributed by atoms with Crippen molar-refractivity contribution in [3.05, 3.63) is 60.2 Å². The molecule has 0 saturated carbocycles. The highest BCUT2D eigenvalue weighted by molar-refractivity contribution is 6.24. The van der Waals surface area contributed by atoms with Gasteiger partial charge in [0.2, 0.25) is 0 Å². The fraction of sp³-hybridized carbons (Fsp3) is 0.190. The van der Waals surface area contributed by atoms with Crippen molar-refractivity contribution in [1.29, 1.82) is 0 Å². The molecule has 120 valence electrons. The van der Waals surface area contributed by atoms with Crippen LogP contribution in [0.25, 0.3) is 32.6 Å². The third-order valence-electron chi connectivity index (χ3n) is 4.79. The van der Waals surface area contributed by atoms with E-state index >= 15 is 0 Å². The third kappa shape index (κ3) is 2.08. The van der Waals surface area contributed by atoms with Crippen molar-refractivity contribution in [3.8, 4) is 0 Å². The molecule has 4 rings (SSSR count). The second-order valence-corrected chi connectivity index (χ2v) is 6.04. The number of para-hydroxylation sites is 1. The average molecular weight is 316 g/mol. The van der Waals surface area contributed by atoms with Crippen molar-refractivity contribution in [1.82, 2.24) is 9.88 Å². The van der Waals surface area contributed by atoms with Crippen molar-refractivity contribution in [2.24, 2.45) is 0 Å². The van der Waals surface area contributed by atoms with Crippen LogP contribution in [0.2, 0.25) is 0 Å². The van der Waals surface area contributed by atoms with E-state index in [1.807, 2.05) is 49.1 Å². The number of H-pyrrole nitrogens is 1. The van der Waals surface area contributed by atoms with Crippen LogP contribution >= 0.6 is 0 Å². The number of rotatable bonds is 3. The van der Waals surface area contributed by atoms with Gasteiger partial charge in [-0.2, -0.15) is 0 Å². The molecule has 0 saturated heterocycles. The molecule has 0 spiro atoms. The zero-order valence-corrected chi connectivity index (χ0v) is 14.0. The van der Waals surface area contributed by atoms with E-state index in [0.29, 0.717) is 13.1 Å². The van der Waals surface area contributed by atoms with E-state index < -0.39 is 0 Å². The summed E-state index contributed by atoms with van der Waals surface area (Å²) in [5.74, 6) is 0.0977. The first-order chi connectivity index (χ1) is 11.7. The lowest BCUT2D eigenvalue weighted by molar-refractivity contribution is 0.0775. The van der Waals surface area contributed by atoms with E-state index in [1.54, 1.807) is 0 Å². The number of hydrogen-bond donors (Lipinski definition) is 1. The molecule has 0 radical (unpaired) electrons. The molecule has 1 N–H and O–H groups in total. The summed E-state index contributed by atoms with van der Waals surface area (Å²) in [4.78, 5) is 18.5. The maximum Gasteiger partial charge on any atom is 0.254 e. The molecule has 0 atom stereocenters. The largest absolute Gasteiger partial charge is 0.354 e. The molecule has 3 heteroatoms. The first-order valence-corrected chi connectivity index (χ1v) is 8.46. The van der Waals surface area contributed by atoms with E-state index in [4.69, 9.17) is 0 Å². The van der Waals surface area contributed by atoms with Gasteiger partial charge < -0.3 is 9.88 Å². The maximum atomic E-state index is 13.1. The van der Waals surface area contributed by atoms with Gasteiger partial charge in [-0.15, -0.1) is 0 Å². The number of amides is 1. The molecule has 0 unspecified atom stereocenters. The van der Waals surface area contributed by atoms with Crippen molar-refractivity contribution in [2.75, 3.05) is 13.1 Å². The number of carbonyl (C=O) groups excluding carboxylic acids is 1. The van der Waals surface area contributed by atoms with Crippen LogP contribution in [0.3, 0.4) is 0 Å². The van der Waals surface area contributed by atoms with E-state index in [2.05, 4.69) is 29.2 Å². The Morgan fingerprint density at radius 1 is 0.958 bits per heavy atom. The Labute approximate surface area is 140 Å². The van der Waals surface area contributed by atoms with Crippen molar-refractivity contribution in [3.63, 3.8) is 0 Å². The first kappa shape index (κ1) is 14.8. The Balaban J connectivity index is 2.15. The van der Waals surface area contributed by atoms with Crippen LogP contribution < -0.4 is 0 Å². The Bertz CT molecular complexity index is 1060. The normalized spacial score (nSPS) is 11.4. The van der Waals surface area contributed by atoms with E-state index in [0.717, 1.165) is 38.1 Å². The van der Waals surface area contributed by atoms with Crippen molar-refractivity contribution in [2.45, 2.75) is 13.8 Å². The lowest BCUT2D eigenvalue weighted by atomic mass is 9.99. The number of benzene rings is 3. The highest BCUT2D eigenvalue weighted by Crippen LogP contribution is 2.34. The summed E-state index contributed by atoms with van der Waals surface area (Å²) in [6.45, 7) is 5.47. The number of aromatic amines is 1. The summed E-state index contributed by atoms with van der Waals surface area (Å²) >= 11 is 0. The Hall–Kier alpha value is -2.81. The van der Waals surface area contributed by atoms with Gasteiger partial charge in [0, 0.05) is 34.8 Å². The van der Waals surface area contributed by atoms with Gasteiger partial charge in [0.15, 0.2) is 0 Å². The van der Waals surface area contributed by atoms with Gasteiger partial charge in [0.1, 0.15) is 0 Å². The molecule has 1 aromatic heterocycles. The summed E-state index contributed by atoms with van der Waals surface area (Å²) in [5, 5.41) is 4.38. The quantitative estimate of drug-likeness (QED) is 0.570. The number of carbonyl (C=O) groups is 1. The molecular formula is C21H20N2O. The van der Waals surface area contributed by atoms with Gasteiger partial charge in [-0.05, 0) is 31.4 Å². The zero-order chi connectivity index (χ0) is 16.7. The van der Waals surface area contributed by atoms with Crippen LogP contribution in [0.5, 0.6) is 0 Å². The predicted octanol–water partition coefficient (Wildman–Crippen LogP) is 4.96. The van der Waals surface area contributed by atoms with Crippen molar-refractivity contribution < 1.29 is 4.79 Å². The molecular weight excluding hydrogens is 296 g/mol. The van der Waals surface area contributed by atoms with Gasteiger partial charge in [0.25, 0.3) is 5.91 Å². The minimum absolute atomic E-state index is 0.0977. The van der Waals surface area contributed by atoms with Crippen LogP contribution in [-0.2, 0) is 0 Å². The van der Waals surface area contributed by atoms with E-state index in [-0.39, 0.29) is 5.91 Å². The summed E-state index contributed by atoms with van der Waals surface area (Å²) in [7, 11) is 0. The fourth-order valence-electron chi connectivity index (χ4n) is 3.55. The van der Waals surface area contributed by atoms with Crippen LogP contribution in [0.4, 0.5) is 0 Å². The monoisotopic (exact) mass is 316 g/mol. The fourth-order valence-corrected chi connectivity index (χ4v) is 3.55. The number of nitrogens with one attached hydrogen (secondary N) is 1. The van der Waals surface area contributed by atoms with Gasteiger partial charge in [-0.3, -0.25) is 4.79 Å². The Morgan fingerprint density at radius 2 is 1.62 bits per heavy atom. The second kappa shape index (κ2) is 5.68. The van der Waals surface area contributed by atoms with Crippen molar-refractivity contribution >= 4 is 38.5 Å². The minimum Gasteiger partial charge on any atom is -0.354 e. The minimum atomic E-state index is 0.0977. The van der Waals surface area contributed by atoms with Crippen LogP contribution in [0.15, 0.2) is 54.6 Å². The SMILES string of the molecule is CCN(CC)C(=O)c1cc2ccccc2c2[nH]c3ccccc3c12. The second-order valence-electron chi connectivity index (χ2n) is 6.04. The third-order valence-corrected chi connectivity index (χ3v) is 4.79. The molecule has 24 heavy (non-hydrogen) atoms. The van der Waals surface area contributed by atoms with Gasteiger partial charge in [-0.25, -0.2) is 0 Å². The van der Waals surface area contributed by atoms with Crippen LogP contribution in [0.1, 0.15) is 24.2 Å². The van der Waals surface area contributed by atoms with Crippen LogP contribution in [0, 0.1) is 0 Å². The molecule has 0 aliphatic rings. The lowest BCUT2D eigenvalue weighted by Gasteiger charge is -2.19. The number of hydrogen-bond acceptors (Lipinski definition) is 1. The molecule has 0 bridgehead atoms. The van der Waals surface area contributed by atoms with E-state index in [1.165, 1.54) is 0 Å². The number of nitrogens with zero attached hydrogens (tertiary/aromatic N) is 1. The molecule has 3 nitrogen and oxygen atoms in total. The van der Waals surface area contributed by atoms with Crippen LogP contribution in [-0.4, -0.2) is 28.9 Å². The molecule has 0 aliphatic carbocycles. The predicted molar refractivity (Wildman–Crippen MR) is 101 cm³/mol. The summed E-state index contributed by atoms with van der Waals surface area (Å²) in [6.07, 6.45) is 0. The molecule has 1 heterocycles. The summed E-state index contributed by atoms with van der Waals surface area (Å²) < 4.78 is 0. The lowest BCUT2D eigenvalue weighted by Crippen LogP contribution is -2.30. The number of aromatic nitrogens is 1. The topological polar surface area (TPSA) is 36.1 Å². The Morgan fingerprint density at radius 3 is 2.38 bits per heavy atom. The Kier molecular flexibility index (Phi) is 3.49. The summed E-state index contributed by atoms with van der Waals surface area (Å²) in [6, 6.07) is 18.5. The molecule has 1 amide bonds. The average Bonchev–Trinajstić information content (AvgIpc) is 3.02. The molecule has 0 fully saturated rings. The molecule has 4 aromatic rings. The van der Waals surface area contributed by atoms with Gasteiger partial charge in [0.05, 0.1) is 11.1 Å². The summed E-state index contributed by atoms with van der Waals surface area (Å²) in [5.41, 5.74) is 2.90. The molecule has 3 aromatic carbocycles. The highest BCUT2D eigenvalue weighted by Gasteiger charge is 2.20. The number of fused-ring (bicyclic) bond motifs is 5. The first-order valence-electron chi connectivity index (χ1n) is 8.46. The zero-order valence-electron chi connectivity index (χ0n) is 14.0. The van der Waals surface area contributed by atoms with Gasteiger partial charge >= 0.3 is 0 Å². The van der Waals surface area contributed by atoms with E-state index in [9.17, 15) is 4.79 Å². The maximum absolute atomic E-state index is 13.1. The van der Waals surface area contributed by atoms with Gasteiger partial charge in [-0.1, -0.05) is 42.5 Å².